The van der Waals surface area contributed by atoms with E-state index >= 15 is 0 Å². The van der Waals surface area contributed by atoms with Gasteiger partial charge in [-0.05, 0) is 5.56 Å². The van der Waals surface area contributed by atoms with Crippen molar-refractivity contribution in [2.75, 3.05) is 13.7 Å². The van der Waals surface area contributed by atoms with E-state index in [9.17, 15) is 10.2 Å². The highest BCUT2D eigenvalue weighted by atomic mass is 16.7. The average molecular weight is 254 g/mol. The molecule has 5 nitrogen and oxygen atoms in total. The molecule has 1 saturated heterocycles. The van der Waals surface area contributed by atoms with Crippen LogP contribution in [0.4, 0.5) is 0 Å². The van der Waals surface area contributed by atoms with E-state index in [1.54, 1.807) is 0 Å². The summed E-state index contributed by atoms with van der Waals surface area (Å²) in [5.74, 6) is 0. The largest absolute Gasteiger partial charge is 0.387 e. The normalized spacial score (nSPS) is 32.4. The molecule has 18 heavy (non-hydrogen) atoms. The first kappa shape index (κ1) is 13.5. The van der Waals surface area contributed by atoms with Crippen LogP contribution in [0, 0.1) is 0 Å². The van der Waals surface area contributed by atoms with Gasteiger partial charge in [0, 0.05) is 7.11 Å². The van der Waals surface area contributed by atoms with E-state index in [2.05, 4.69) is 0 Å². The van der Waals surface area contributed by atoms with Gasteiger partial charge in [0.05, 0.1) is 13.2 Å². The van der Waals surface area contributed by atoms with Gasteiger partial charge in [-0.1, -0.05) is 30.3 Å². The molecule has 0 unspecified atom stereocenters. The minimum Gasteiger partial charge on any atom is -0.387 e. The number of hydrogen-bond donors (Lipinski definition) is 2. The van der Waals surface area contributed by atoms with Crippen LogP contribution < -0.4 is 0 Å². The summed E-state index contributed by atoms with van der Waals surface area (Å²) in [7, 11) is 1.42. The third-order valence-corrected chi connectivity index (χ3v) is 2.97. The lowest BCUT2D eigenvalue weighted by atomic mass is 10.1. The van der Waals surface area contributed by atoms with Crippen LogP contribution in [0.3, 0.4) is 0 Å². The summed E-state index contributed by atoms with van der Waals surface area (Å²) in [6, 6.07) is 9.63. The number of benzene rings is 1. The highest BCUT2D eigenvalue weighted by Crippen LogP contribution is 2.19. The number of methoxy groups -OCH3 is 1. The molecule has 0 aliphatic carbocycles. The molecule has 0 saturated carbocycles. The minimum atomic E-state index is -1.09. The molecule has 1 heterocycles. The Hall–Kier alpha value is -0.980. The first-order valence-corrected chi connectivity index (χ1v) is 5.88. The molecule has 100 valence electrons. The third-order valence-electron chi connectivity index (χ3n) is 2.97. The summed E-state index contributed by atoms with van der Waals surface area (Å²) in [5.41, 5.74) is 1.01. The van der Waals surface area contributed by atoms with Gasteiger partial charge in [-0.25, -0.2) is 0 Å². The van der Waals surface area contributed by atoms with E-state index in [0.29, 0.717) is 6.61 Å². The van der Waals surface area contributed by atoms with Crippen LogP contribution in [0.15, 0.2) is 30.3 Å². The number of aliphatic hydroxyl groups excluding tert-OH is 2. The van der Waals surface area contributed by atoms with E-state index in [0.717, 1.165) is 5.56 Å². The summed E-state index contributed by atoms with van der Waals surface area (Å²) in [6.45, 7) is 0.569. The predicted molar refractivity (Wildman–Crippen MR) is 63.8 cm³/mol. The van der Waals surface area contributed by atoms with Crippen molar-refractivity contribution in [2.24, 2.45) is 0 Å². The Morgan fingerprint density at radius 2 is 1.94 bits per heavy atom. The van der Waals surface area contributed by atoms with Gasteiger partial charge in [-0.15, -0.1) is 0 Å². The van der Waals surface area contributed by atoms with E-state index in [1.165, 1.54) is 7.11 Å². The highest BCUT2D eigenvalue weighted by Gasteiger charge is 2.39. The van der Waals surface area contributed by atoms with E-state index in [1.807, 2.05) is 30.3 Å². The lowest BCUT2D eigenvalue weighted by Gasteiger charge is -2.36. The Labute approximate surface area is 106 Å². The van der Waals surface area contributed by atoms with Gasteiger partial charge in [0.15, 0.2) is 6.29 Å². The molecule has 2 rings (SSSR count). The van der Waals surface area contributed by atoms with Crippen molar-refractivity contribution >= 4 is 0 Å². The van der Waals surface area contributed by atoms with Gasteiger partial charge in [0.25, 0.3) is 0 Å². The molecular weight excluding hydrogens is 236 g/mol. The van der Waals surface area contributed by atoms with Crippen molar-refractivity contribution in [3.63, 3.8) is 0 Å². The van der Waals surface area contributed by atoms with Gasteiger partial charge in [0.2, 0.25) is 0 Å². The minimum absolute atomic E-state index is 0.198. The standard InChI is InChI=1S/C13H18O5/c1-16-13-12(15)11(14)10(8-18-13)17-7-9-5-3-2-4-6-9/h2-6,10-15H,7-8H2,1H3/t10-,11+,12-,13+/m1/s1. The second kappa shape index (κ2) is 6.26. The number of rotatable bonds is 4. The van der Waals surface area contributed by atoms with Crippen molar-refractivity contribution in [1.29, 1.82) is 0 Å². The second-order valence-corrected chi connectivity index (χ2v) is 4.25. The van der Waals surface area contributed by atoms with Crippen LogP contribution in [0.1, 0.15) is 5.56 Å². The molecule has 1 aliphatic heterocycles. The highest BCUT2D eigenvalue weighted by molar-refractivity contribution is 5.13. The van der Waals surface area contributed by atoms with E-state index < -0.39 is 24.6 Å². The predicted octanol–water partition coefficient (Wildman–Crippen LogP) is 0.296. The first-order chi connectivity index (χ1) is 8.72. The molecule has 1 aromatic rings. The molecule has 0 bridgehead atoms. The Morgan fingerprint density at radius 1 is 1.22 bits per heavy atom. The SMILES string of the molecule is CO[C@H]1OC[C@@H](OCc2ccccc2)[C@H](O)[C@H]1O. The van der Waals surface area contributed by atoms with Crippen molar-refractivity contribution < 1.29 is 24.4 Å². The van der Waals surface area contributed by atoms with Crippen molar-refractivity contribution in [2.45, 2.75) is 31.2 Å². The second-order valence-electron chi connectivity index (χ2n) is 4.25. The van der Waals surface area contributed by atoms with Gasteiger partial charge >= 0.3 is 0 Å². The van der Waals surface area contributed by atoms with Crippen LogP contribution in [-0.4, -0.2) is 48.5 Å². The van der Waals surface area contributed by atoms with Gasteiger partial charge in [-0.2, -0.15) is 0 Å². The molecule has 2 N–H and O–H groups in total. The van der Waals surface area contributed by atoms with Gasteiger partial charge in [-0.3, -0.25) is 0 Å². The topological polar surface area (TPSA) is 68.2 Å². The summed E-state index contributed by atoms with van der Waals surface area (Å²) < 4.78 is 15.7. The number of hydrogen-bond acceptors (Lipinski definition) is 5. The van der Waals surface area contributed by atoms with E-state index in [-0.39, 0.29) is 6.61 Å². The van der Waals surface area contributed by atoms with E-state index in [4.69, 9.17) is 14.2 Å². The molecule has 1 aromatic carbocycles. The lowest BCUT2D eigenvalue weighted by molar-refractivity contribution is -0.270. The third kappa shape index (κ3) is 3.07. The van der Waals surface area contributed by atoms with Gasteiger partial charge in [0.1, 0.15) is 18.3 Å². The number of ether oxygens (including phenoxy) is 3. The Morgan fingerprint density at radius 3 is 2.61 bits per heavy atom. The molecule has 1 fully saturated rings. The summed E-state index contributed by atoms with van der Waals surface area (Å²) in [4.78, 5) is 0. The van der Waals surface area contributed by atoms with Crippen molar-refractivity contribution in [1.82, 2.24) is 0 Å². The fourth-order valence-corrected chi connectivity index (χ4v) is 1.90. The summed E-state index contributed by atoms with van der Waals surface area (Å²) >= 11 is 0. The monoisotopic (exact) mass is 254 g/mol. The van der Waals surface area contributed by atoms with Crippen LogP contribution >= 0.6 is 0 Å². The van der Waals surface area contributed by atoms with Crippen LogP contribution in [-0.2, 0) is 20.8 Å². The molecule has 4 atom stereocenters. The lowest BCUT2D eigenvalue weighted by Crippen LogP contribution is -2.54. The molecule has 1 aliphatic rings. The molecule has 0 spiro atoms. The Balaban J connectivity index is 1.87. The first-order valence-electron chi connectivity index (χ1n) is 5.88. The van der Waals surface area contributed by atoms with Crippen molar-refractivity contribution in [3.05, 3.63) is 35.9 Å². The maximum absolute atomic E-state index is 9.88. The molecule has 0 aromatic heterocycles. The van der Waals surface area contributed by atoms with Crippen LogP contribution in [0.2, 0.25) is 0 Å². The quantitative estimate of drug-likeness (QED) is 0.808. The average Bonchev–Trinajstić information content (AvgIpc) is 2.42. The molecule has 5 heteroatoms. The zero-order valence-electron chi connectivity index (χ0n) is 10.2. The molecule has 0 amide bonds. The maximum Gasteiger partial charge on any atom is 0.185 e. The van der Waals surface area contributed by atoms with Crippen LogP contribution in [0.5, 0.6) is 0 Å². The Kier molecular flexibility index (Phi) is 4.68. The fourth-order valence-electron chi connectivity index (χ4n) is 1.90. The summed E-state index contributed by atoms with van der Waals surface area (Å²) in [6.07, 6.45) is -3.44. The van der Waals surface area contributed by atoms with Gasteiger partial charge < -0.3 is 24.4 Å². The zero-order chi connectivity index (χ0) is 13.0. The number of aliphatic hydroxyl groups is 2. The fraction of sp³-hybridized carbons (Fsp3) is 0.538. The van der Waals surface area contributed by atoms with Crippen molar-refractivity contribution in [3.8, 4) is 0 Å². The smallest absolute Gasteiger partial charge is 0.185 e. The maximum atomic E-state index is 9.88. The van der Waals surface area contributed by atoms with Crippen LogP contribution in [0.25, 0.3) is 0 Å². The Bertz CT molecular complexity index is 356. The summed E-state index contributed by atoms with van der Waals surface area (Å²) in [5, 5.41) is 19.6. The zero-order valence-corrected chi connectivity index (χ0v) is 10.2. The molecular formula is C13H18O5. The molecule has 0 radical (unpaired) electrons.